The lowest BCUT2D eigenvalue weighted by molar-refractivity contribution is -0.145. The molecule has 0 saturated heterocycles. The molecule has 3 heteroatoms. The molecule has 1 aromatic carbocycles. The summed E-state index contributed by atoms with van der Waals surface area (Å²) in [5.74, 6) is 4.88. The number of halogens is 1. The van der Waals surface area contributed by atoms with Crippen molar-refractivity contribution in [3.05, 3.63) is 52.0 Å². The maximum Gasteiger partial charge on any atom is 0.345 e. The maximum atomic E-state index is 12.9. The Bertz CT molecular complexity index is 1070. The van der Waals surface area contributed by atoms with E-state index >= 15 is 0 Å². The Kier molecular flexibility index (Phi) is 8.87. The van der Waals surface area contributed by atoms with E-state index in [2.05, 4.69) is 56.6 Å². The summed E-state index contributed by atoms with van der Waals surface area (Å²) in [4.78, 5) is 12.9. The summed E-state index contributed by atoms with van der Waals surface area (Å²) in [6.45, 7) is 12.5. The van der Waals surface area contributed by atoms with E-state index in [-0.39, 0.29) is 17.5 Å². The Morgan fingerprint density at radius 1 is 1.03 bits per heavy atom. The van der Waals surface area contributed by atoms with Gasteiger partial charge >= 0.3 is 5.97 Å². The van der Waals surface area contributed by atoms with Crippen LogP contribution in [0.2, 0.25) is 0 Å². The summed E-state index contributed by atoms with van der Waals surface area (Å²) in [7, 11) is 0. The average Bonchev–Trinajstić information content (AvgIpc) is 3.26. The molecule has 3 saturated carbocycles. The Morgan fingerprint density at radius 3 is 2.54 bits per heavy atom. The Labute approximate surface area is 246 Å². The van der Waals surface area contributed by atoms with Gasteiger partial charge in [-0.25, -0.2) is 4.79 Å². The summed E-state index contributed by atoms with van der Waals surface area (Å²) in [5.41, 5.74) is 3.40. The molecular formula is C36H51BrO2. The number of carbonyl (C=O) groups is 1. The molecule has 0 spiro atoms. The number of fused-ring (bicyclic) bond motifs is 5. The lowest BCUT2D eigenvalue weighted by Gasteiger charge is -2.58. The number of rotatable bonds is 8. The SMILES string of the molecule is CC(C)CCC[C@@H](C)[C@H]1CC[C@@H]2[C@@H]3CC=C4C[C@@H](OC(=O)/C(Br)=C/c5ccccc5)CC[C@]4(C)[C@@H]3CC[C@@]21C. The monoisotopic (exact) mass is 594 g/mol. The van der Waals surface area contributed by atoms with E-state index in [4.69, 9.17) is 4.74 Å². The van der Waals surface area contributed by atoms with Gasteiger partial charge in [0.25, 0.3) is 0 Å². The third-order valence-electron chi connectivity index (χ3n) is 11.8. The predicted octanol–water partition coefficient (Wildman–Crippen LogP) is 10.4. The minimum absolute atomic E-state index is 0.0125. The van der Waals surface area contributed by atoms with E-state index in [1.54, 1.807) is 5.57 Å². The molecule has 39 heavy (non-hydrogen) atoms. The molecule has 0 amide bonds. The van der Waals surface area contributed by atoms with Crippen molar-refractivity contribution < 1.29 is 9.53 Å². The summed E-state index contributed by atoms with van der Waals surface area (Å²) in [5, 5.41) is 0. The van der Waals surface area contributed by atoms with Gasteiger partial charge in [-0.15, -0.1) is 0 Å². The predicted molar refractivity (Wildman–Crippen MR) is 166 cm³/mol. The minimum atomic E-state index is -0.241. The Hall–Kier alpha value is -1.35. The van der Waals surface area contributed by atoms with E-state index in [1.807, 2.05) is 36.4 Å². The van der Waals surface area contributed by atoms with Gasteiger partial charge in [0.1, 0.15) is 10.6 Å². The summed E-state index contributed by atoms with van der Waals surface area (Å²) in [6.07, 6.45) is 18.6. The van der Waals surface area contributed by atoms with Crippen LogP contribution in [0.1, 0.15) is 111 Å². The quantitative estimate of drug-likeness (QED) is 0.170. The van der Waals surface area contributed by atoms with Crippen molar-refractivity contribution in [2.45, 2.75) is 111 Å². The first-order valence-electron chi connectivity index (χ1n) is 15.9. The molecule has 0 N–H and O–H groups in total. The highest BCUT2D eigenvalue weighted by atomic mass is 79.9. The van der Waals surface area contributed by atoms with Crippen LogP contribution < -0.4 is 0 Å². The van der Waals surface area contributed by atoms with E-state index in [0.29, 0.717) is 9.90 Å². The van der Waals surface area contributed by atoms with Gasteiger partial charge in [-0.1, -0.05) is 95.9 Å². The molecule has 214 valence electrons. The lowest BCUT2D eigenvalue weighted by Crippen LogP contribution is -2.51. The highest BCUT2D eigenvalue weighted by Crippen LogP contribution is 2.67. The third kappa shape index (κ3) is 5.86. The largest absolute Gasteiger partial charge is 0.458 e. The molecule has 3 fully saturated rings. The van der Waals surface area contributed by atoms with Crippen LogP contribution in [0.5, 0.6) is 0 Å². The third-order valence-corrected chi connectivity index (χ3v) is 12.4. The average molecular weight is 596 g/mol. The zero-order chi connectivity index (χ0) is 27.8. The number of esters is 1. The standard InChI is InChI=1S/C36H51BrO2/c1-24(2)10-9-11-25(3)30-16-17-31-29-15-14-27-23-28(18-20-35(27,4)32(29)19-21-36(30,31)5)39-34(38)33(37)22-26-12-7-6-8-13-26/h6-8,12-14,22,24-25,28-32H,9-11,15-21,23H2,1-5H3/b33-22-/t25-,28+,29+,30-,31-,32-,35+,36-/m1/s1. The van der Waals surface area contributed by atoms with Crippen LogP contribution in [-0.2, 0) is 9.53 Å². The smallest absolute Gasteiger partial charge is 0.345 e. The first-order chi connectivity index (χ1) is 18.6. The summed E-state index contributed by atoms with van der Waals surface area (Å²) >= 11 is 3.47. The topological polar surface area (TPSA) is 26.3 Å². The fraction of sp³-hybridized carbons (Fsp3) is 0.694. The van der Waals surface area contributed by atoms with Crippen molar-refractivity contribution in [1.82, 2.24) is 0 Å². The molecule has 0 radical (unpaired) electrons. The van der Waals surface area contributed by atoms with Crippen molar-refractivity contribution >= 4 is 28.0 Å². The highest BCUT2D eigenvalue weighted by molar-refractivity contribution is 9.12. The molecular weight excluding hydrogens is 544 g/mol. The minimum Gasteiger partial charge on any atom is -0.458 e. The first-order valence-corrected chi connectivity index (χ1v) is 16.7. The van der Waals surface area contributed by atoms with Gasteiger partial charge < -0.3 is 4.74 Å². The van der Waals surface area contributed by atoms with E-state index < -0.39 is 0 Å². The van der Waals surface area contributed by atoms with Gasteiger partial charge in [0, 0.05) is 6.42 Å². The van der Waals surface area contributed by atoms with Crippen LogP contribution in [0.3, 0.4) is 0 Å². The molecule has 0 aliphatic heterocycles. The highest BCUT2D eigenvalue weighted by Gasteiger charge is 2.59. The second-order valence-corrected chi connectivity index (χ2v) is 15.3. The van der Waals surface area contributed by atoms with Crippen LogP contribution >= 0.6 is 15.9 Å². The van der Waals surface area contributed by atoms with Gasteiger partial charge in [0.2, 0.25) is 0 Å². The van der Waals surface area contributed by atoms with Crippen LogP contribution in [0.15, 0.2) is 46.5 Å². The molecule has 0 heterocycles. The molecule has 0 aromatic heterocycles. The fourth-order valence-electron chi connectivity index (χ4n) is 9.71. The van der Waals surface area contributed by atoms with Crippen LogP contribution in [-0.4, -0.2) is 12.1 Å². The Morgan fingerprint density at radius 2 is 1.79 bits per heavy atom. The molecule has 2 nitrogen and oxygen atoms in total. The number of benzene rings is 1. The molecule has 5 rings (SSSR count). The van der Waals surface area contributed by atoms with Crippen molar-refractivity contribution in [3.63, 3.8) is 0 Å². The van der Waals surface area contributed by atoms with E-state index in [1.165, 1.54) is 51.4 Å². The second kappa shape index (κ2) is 11.9. The van der Waals surface area contributed by atoms with E-state index in [9.17, 15) is 4.79 Å². The van der Waals surface area contributed by atoms with Crippen LogP contribution in [0.25, 0.3) is 6.08 Å². The summed E-state index contributed by atoms with van der Waals surface area (Å²) < 4.78 is 6.53. The first kappa shape index (κ1) is 29.2. The fourth-order valence-corrected chi connectivity index (χ4v) is 10.1. The van der Waals surface area contributed by atoms with Crippen LogP contribution in [0.4, 0.5) is 0 Å². The molecule has 4 aliphatic carbocycles. The molecule has 8 atom stereocenters. The van der Waals surface area contributed by atoms with Crippen LogP contribution in [0, 0.1) is 46.3 Å². The zero-order valence-corrected chi connectivity index (χ0v) is 26.6. The Balaban J connectivity index is 1.23. The van der Waals surface area contributed by atoms with E-state index in [0.717, 1.165) is 60.3 Å². The molecule has 4 aliphatic rings. The van der Waals surface area contributed by atoms with Gasteiger partial charge in [0.15, 0.2) is 0 Å². The van der Waals surface area contributed by atoms with Gasteiger partial charge in [-0.3, -0.25) is 0 Å². The van der Waals surface area contributed by atoms with Crippen molar-refractivity contribution in [2.24, 2.45) is 46.3 Å². The second-order valence-electron chi connectivity index (χ2n) is 14.5. The molecule has 1 aromatic rings. The van der Waals surface area contributed by atoms with Gasteiger partial charge in [0.05, 0.1) is 0 Å². The maximum absolute atomic E-state index is 12.9. The number of hydrogen-bond donors (Lipinski definition) is 0. The zero-order valence-electron chi connectivity index (χ0n) is 25.1. The van der Waals surface area contributed by atoms with Crippen molar-refractivity contribution in [1.29, 1.82) is 0 Å². The van der Waals surface area contributed by atoms with Crippen molar-refractivity contribution in [2.75, 3.05) is 0 Å². The number of carbonyl (C=O) groups excluding carboxylic acids is 1. The number of ether oxygens (including phenoxy) is 1. The number of hydrogen-bond acceptors (Lipinski definition) is 2. The van der Waals surface area contributed by atoms with Gasteiger partial charge in [-0.05, 0) is 119 Å². The normalized spacial score (nSPS) is 36.9. The summed E-state index contributed by atoms with van der Waals surface area (Å²) in [6, 6.07) is 9.95. The van der Waals surface area contributed by atoms with Gasteiger partial charge in [-0.2, -0.15) is 0 Å². The molecule has 0 bridgehead atoms. The lowest BCUT2D eigenvalue weighted by atomic mass is 9.47. The number of allylic oxidation sites excluding steroid dienone is 1. The van der Waals surface area contributed by atoms with Crippen molar-refractivity contribution in [3.8, 4) is 0 Å². The molecule has 0 unspecified atom stereocenters.